The van der Waals surface area contributed by atoms with Gasteiger partial charge in [-0.15, -0.1) is 0 Å². The fraction of sp³-hybridized carbons (Fsp3) is 0.211. The van der Waals surface area contributed by atoms with Crippen molar-refractivity contribution >= 4 is 29.2 Å². The van der Waals surface area contributed by atoms with Crippen molar-refractivity contribution < 1.29 is 23.5 Å². The number of nitrogens with zero attached hydrogens (tertiary/aromatic N) is 2. The number of ether oxygens (including phenoxy) is 2. The van der Waals surface area contributed by atoms with Crippen molar-refractivity contribution in [2.24, 2.45) is 0 Å². The number of benzene rings is 2. The van der Waals surface area contributed by atoms with Crippen molar-refractivity contribution in [1.29, 1.82) is 5.26 Å². The Bertz CT molecular complexity index is 865. The Kier molecular flexibility index (Phi) is 7.15. The van der Waals surface area contributed by atoms with Gasteiger partial charge in [0.2, 0.25) is 0 Å². The first kappa shape index (κ1) is 20.2. The highest BCUT2D eigenvalue weighted by Crippen LogP contribution is 2.23. The first-order valence-electron chi connectivity index (χ1n) is 7.89. The molecule has 0 fully saturated rings. The van der Waals surface area contributed by atoms with Gasteiger partial charge in [0.1, 0.15) is 17.1 Å². The molecular weight excluding hydrogens is 375 g/mol. The molecule has 0 aliphatic rings. The molecule has 0 radical (unpaired) electrons. The van der Waals surface area contributed by atoms with Crippen LogP contribution in [0.1, 0.15) is 16.8 Å². The van der Waals surface area contributed by atoms with Crippen LogP contribution in [0.3, 0.4) is 0 Å². The summed E-state index contributed by atoms with van der Waals surface area (Å²) < 4.78 is 23.3. The number of esters is 1. The van der Waals surface area contributed by atoms with Crippen LogP contribution in [0.5, 0.6) is 5.75 Å². The molecule has 0 aromatic heterocycles. The normalized spacial score (nSPS) is 10.0. The molecule has 0 N–H and O–H groups in total. The van der Waals surface area contributed by atoms with Crippen molar-refractivity contribution in [1.82, 2.24) is 0 Å². The maximum absolute atomic E-state index is 13.1. The van der Waals surface area contributed by atoms with Gasteiger partial charge >= 0.3 is 5.97 Å². The largest absolute Gasteiger partial charge is 0.496 e. The highest BCUT2D eigenvalue weighted by Gasteiger charge is 2.20. The number of carbonyl (C=O) groups excluding carboxylic acids is 2. The number of amides is 1. The molecule has 140 valence electrons. The highest BCUT2D eigenvalue weighted by atomic mass is 35.5. The number of hydrogen-bond donors (Lipinski definition) is 0. The van der Waals surface area contributed by atoms with Gasteiger partial charge in [0, 0.05) is 17.3 Å². The number of halogens is 2. The number of methoxy groups -OCH3 is 1. The Morgan fingerprint density at radius 2 is 1.93 bits per heavy atom. The molecule has 27 heavy (non-hydrogen) atoms. The Hall–Kier alpha value is -3.11. The number of anilines is 1. The topological polar surface area (TPSA) is 79.6 Å². The van der Waals surface area contributed by atoms with Crippen LogP contribution in [0.2, 0.25) is 5.02 Å². The maximum Gasteiger partial charge on any atom is 0.342 e. The first-order chi connectivity index (χ1) is 13.0. The fourth-order valence-corrected chi connectivity index (χ4v) is 2.48. The molecular formula is C19H16ClFN2O4. The van der Waals surface area contributed by atoms with E-state index in [0.29, 0.717) is 10.7 Å². The number of rotatable bonds is 7. The third-order valence-corrected chi connectivity index (χ3v) is 3.83. The summed E-state index contributed by atoms with van der Waals surface area (Å²) in [6, 6.07) is 11.6. The molecule has 0 unspecified atom stereocenters. The summed E-state index contributed by atoms with van der Waals surface area (Å²) in [6.07, 6.45) is 0.0686. The lowest BCUT2D eigenvalue weighted by Crippen LogP contribution is -2.35. The van der Waals surface area contributed by atoms with Crippen molar-refractivity contribution in [3.63, 3.8) is 0 Å². The van der Waals surface area contributed by atoms with Gasteiger partial charge in [-0.2, -0.15) is 5.26 Å². The molecule has 0 aliphatic heterocycles. The Balaban J connectivity index is 2.11. The third-order valence-electron chi connectivity index (χ3n) is 3.59. The van der Waals surface area contributed by atoms with Crippen LogP contribution < -0.4 is 9.64 Å². The van der Waals surface area contributed by atoms with Crippen molar-refractivity contribution in [3.05, 3.63) is 58.9 Å². The van der Waals surface area contributed by atoms with E-state index in [-0.39, 0.29) is 24.3 Å². The van der Waals surface area contributed by atoms with E-state index in [2.05, 4.69) is 0 Å². The molecule has 0 saturated carbocycles. The van der Waals surface area contributed by atoms with E-state index in [4.69, 9.17) is 26.3 Å². The van der Waals surface area contributed by atoms with E-state index >= 15 is 0 Å². The van der Waals surface area contributed by atoms with Crippen molar-refractivity contribution in [2.75, 3.05) is 25.2 Å². The minimum Gasteiger partial charge on any atom is -0.496 e. The van der Waals surface area contributed by atoms with Crippen LogP contribution in [-0.4, -0.2) is 32.1 Å². The van der Waals surface area contributed by atoms with E-state index < -0.39 is 24.3 Å². The quantitative estimate of drug-likeness (QED) is 0.675. The van der Waals surface area contributed by atoms with Gasteiger partial charge in [-0.1, -0.05) is 11.6 Å². The van der Waals surface area contributed by atoms with Crippen LogP contribution in [0.4, 0.5) is 10.1 Å². The number of carbonyl (C=O) groups is 2. The van der Waals surface area contributed by atoms with Crippen LogP contribution >= 0.6 is 11.6 Å². The SMILES string of the molecule is COc1ccc(Cl)cc1C(=O)OCC(=O)N(CCC#N)c1ccc(F)cc1. The van der Waals surface area contributed by atoms with Gasteiger partial charge < -0.3 is 14.4 Å². The van der Waals surface area contributed by atoms with Crippen molar-refractivity contribution in [3.8, 4) is 11.8 Å². The third kappa shape index (κ3) is 5.43. The highest BCUT2D eigenvalue weighted by molar-refractivity contribution is 6.31. The summed E-state index contributed by atoms with van der Waals surface area (Å²) in [4.78, 5) is 26.0. The van der Waals surface area contributed by atoms with E-state index in [1.807, 2.05) is 6.07 Å². The minimum atomic E-state index is -0.776. The van der Waals surface area contributed by atoms with Crippen LogP contribution in [0.25, 0.3) is 0 Å². The predicted molar refractivity (Wildman–Crippen MR) is 97.3 cm³/mol. The van der Waals surface area contributed by atoms with E-state index in [1.165, 1.54) is 48.4 Å². The maximum atomic E-state index is 13.1. The second-order valence-electron chi connectivity index (χ2n) is 5.35. The van der Waals surface area contributed by atoms with Gasteiger partial charge in [0.05, 0.1) is 19.6 Å². The monoisotopic (exact) mass is 390 g/mol. The van der Waals surface area contributed by atoms with Gasteiger partial charge in [-0.05, 0) is 42.5 Å². The molecule has 0 saturated heterocycles. The Labute approximate surface area is 160 Å². The second kappa shape index (κ2) is 9.55. The molecule has 0 bridgehead atoms. The van der Waals surface area contributed by atoms with Crippen molar-refractivity contribution in [2.45, 2.75) is 6.42 Å². The summed E-state index contributed by atoms with van der Waals surface area (Å²) in [5.41, 5.74) is 0.483. The average molecular weight is 391 g/mol. The molecule has 0 aliphatic carbocycles. The molecule has 0 heterocycles. The second-order valence-corrected chi connectivity index (χ2v) is 5.79. The summed E-state index contributed by atoms with van der Waals surface area (Å²) in [7, 11) is 1.39. The van der Waals surface area contributed by atoms with Gasteiger partial charge in [0.25, 0.3) is 5.91 Å². The summed E-state index contributed by atoms with van der Waals surface area (Å²) in [5, 5.41) is 9.09. The minimum absolute atomic E-state index is 0.0686. The lowest BCUT2D eigenvalue weighted by Gasteiger charge is -2.21. The zero-order chi connectivity index (χ0) is 19.8. The summed E-state index contributed by atoms with van der Waals surface area (Å²) >= 11 is 5.88. The molecule has 8 heteroatoms. The van der Waals surface area contributed by atoms with Gasteiger partial charge in [-0.25, -0.2) is 9.18 Å². The lowest BCUT2D eigenvalue weighted by atomic mass is 10.2. The van der Waals surface area contributed by atoms with Crippen LogP contribution in [0.15, 0.2) is 42.5 Å². The smallest absolute Gasteiger partial charge is 0.342 e. The lowest BCUT2D eigenvalue weighted by molar-refractivity contribution is -0.121. The zero-order valence-electron chi connectivity index (χ0n) is 14.4. The Morgan fingerprint density at radius 3 is 2.56 bits per heavy atom. The molecule has 2 aromatic rings. The molecule has 0 atom stereocenters. The number of hydrogen-bond acceptors (Lipinski definition) is 5. The molecule has 6 nitrogen and oxygen atoms in total. The van der Waals surface area contributed by atoms with Crippen LogP contribution in [-0.2, 0) is 9.53 Å². The first-order valence-corrected chi connectivity index (χ1v) is 8.27. The summed E-state index contributed by atoms with van der Waals surface area (Å²) in [6.45, 7) is -0.476. The average Bonchev–Trinajstić information content (AvgIpc) is 2.67. The molecule has 1 amide bonds. The van der Waals surface area contributed by atoms with Gasteiger partial charge in [0.15, 0.2) is 6.61 Å². The zero-order valence-corrected chi connectivity index (χ0v) is 15.2. The van der Waals surface area contributed by atoms with E-state index in [0.717, 1.165) is 0 Å². The van der Waals surface area contributed by atoms with E-state index in [9.17, 15) is 14.0 Å². The van der Waals surface area contributed by atoms with E-state index in [1.54, 1.807) is 6.07 Å². The summed E-state index contributed by atoms with van der Waals surface area (Å²) in [5.74, 6) is -1.52. The number of nitriles is 1. The molecule has 0 spiro atoms. The Morgan fingerprint density at radius 1 is 1.22 bits per heavy atom. The predicted octanol–water partition coefficient (Wildman–Crippen LogP) is 3.59. The molecule has 2 rings (SSSR count). The van der Waals surface area contributed by atoms with Gasteiger partial charge in [-0.3, -0.25) is 4.79 Å². The van der Waals surface area contributed by atoms with Crippen LogP contribution in [0, 0.1) is 17.1 Å². The molecule has 2 aromatic carbocycles. The fourth-order valence-electron chi connectivity index (χ4n) is 2.30. The standard InChI is InChI=1S/C19H16ClFN2O4/c1-26-17-8-3-13(20)11-16(17)19(25)27-12-18(24)23(10-2-9-22)15-6-4-14(21)5-7-15/h3-8,11H,2,10,12H2,1H3.